The van der Waals surface area contributed by atoms with Crippen molar-refractivity contribution in [2.75, 3.05) is 0 Å². The van der Waals surface area contributed by atoms with Gasteiger partial charge in [0.2, 0.25) is 0 Å². The highest BCUT2D eigenvalue weighted by atomic mass is 16.3. The molecule has 0 spiro atoms. The van der Waals surface area contributed by atoms with E-state index in [2.05, 4.69) is 31.0 Å². The molecule has 2 N–H and O–H groups in total. The molecule has 2 rings (SSSR count). The SMILES string of the molecule is Cc1c[nH]c(C(O)c2ccc(C(C)C)cc2)c1C. The predicted molar refractivity (Wildman–Crippen MR) is 74.9 cm³/mol. The maximum atomic E-state index is 10.4. The Morgan fingerprint density at radius 2 is 1.56 bits per heavy atom. The molecule has 2 heteroatoms. The Labute approximate surface area is 109 Å². The number of aliphatic hydroxyl groups is 1. The van der Waals surface area contributed by atoms with Crippen molar-refractivity contribution in [3.63, 3.8) is 0 Å². The van der Waals surface area contributed by atoms with Gasteiger partial charge in [0.1, 0.15) is 6.10 Å². The molecule has 1 unspecified atom stereocenters. The van der Waals surface area contributed by atoms with E-state index >= 15 is 0 Å². The number of hydrogen-bond donors (Lipinski definition) is 2. The van der Waals surface area contributed by atoms with Gasteiger partial charge < -0.3 is 10.1 Å². The zero-order chi connectivity index (χ0) is 13.3. The maximum absolute atomic E-state index is 10.4. The van der Waals surface area contributed by atoms with Crippen molar-refractivity contribution < 1.29 is 5.11 Å². The summed E-state index contributed by atoms with van der Waals surface area (Å²) in [6, 6.07) is 8.20. The minimum absolute atomic E-state index is 0.519. The molecular formula is C16H21NO. The normalized spacial score (nSPS) is 13.0. The van der Waals surface area contributed by atoms with Gasteiger partial charge in [-0.15, -0.1) is 0 Å². The second-order valence-corrected chi connectivity index (χ2v) is 5.23. The highest BCUT2D eigenvalue weighted by Gasteiger charge is 2.15. The second kappa shape index (κ2) is 4.99. The molecule has 1 aromatic carbocycles. The molecule has 0 saturated carbocycles. The lowest BCUT2D eigenvalue weighted by atomic mass is 9.98. The van der Waals surface area contributed by atoms with Crippen LogP contribution in [0.5, 0.6) is 0 Å². The summed E-state index contributed by atoms with van der Waals surface area (Å²) in [6.07, 6.45) is 1.37. The van der Waals surface area contributed by atoms with E-state index in [1.54, 1.807) is 0 Å². The Balaban J connectivity index is 2.29. The lowest BCUT2D eigenvalue weighted by Crippen LogP contribution is -2.02. The average Bonchev–Trinajstić information content (AvgIpc) is 2.69. The van der Waals surface area contributed by atoms with Crippen molar-refractivity contribution in [3.05, 3.63) is 58.4 Å². The average molecular weight is 243 g/mol. The van der Waals surface area contributed by atoms with Crippen LogP contribution < -0.4 is 0 Å². The molecule has 0 aliphatic heterocycles. The van der Waals surface area contributed by atoms with E-state index in [1.165, 1.54) is 11.1 Å². The van der Waals surface area contributed by atoms with Gasteiger partial charge in [-0.05, 0) is 42.0 Å². The fraction of sp³-hybridized carbons (Fsp3) is 0.375. The van der Waals surface area contributed by atoms with E-state index in [9.17, 15) is 5.11 Å². The molecule has 0 aliphatic rings. The first-order valence-electron chi connectivity index (χ1n) is 6.43. The highest BCUT2D eigenvalue weighted by Crippen LogP contribution is 2.26. The van der Waals surface area contributed by atoms with Crippen molar-refractivity contribution in [2.45, 2.75) is 39.7 Å². The molecule has 1 heterocycles. The third-order valence-corrected chi connectivity index (χ3v) is 3.63. The Kier molecular flexibility index (Phi) is 3.58. The molecule has 0 amide bonds. The molecule has 0 bridgehead atoms. The summed E-state index contributed by atoms with van der Waals surface area (Å²) in [5, 5.41) is 10.4. The van der Waals surface area contributed by atoms with E-state index in [0.717, 1.165) is 16.8 Å². The molecule has 0 aliphatic carbocycles. The number of benzene rings is 1. The number of rotatable bonds is 3. The number of aromatic amines is 1. The van der Waals surface area contributed by atoms with Crippen LogP contribution in [0.4, 0.5) is 0 Å². The molecule has 0 saturated heterocycles. The van der Waals surface area contributed by atoms with Crippen LogP contribution in [0.25, 0.3) is 0 Å². The minimum Gasteiger partial charge on any atom is -0.382 e. The number of aliphatic hydroxyl groups excluding tert-OH is 1. The molecule has 18 heavy (non-hydrogen) atoms. The summed E-state index contributed by atoms with van der Waals surface area (Å²) in [6.45, 7) is 8.42. The first-order valence-corrected chi connectivity index (χ1v) is 6.43. The molecule has 1 atom stereocenters. The smallest absolute Gasteiger partial charge is 0.119 e. The first-order chi connectivity index (χ1) is 8.50. The lowest BCUT2D eigenvalue weighted by molar-refractivity contribution is 0.215. The zero-order valence-corrected chi connectivity index (χ0v) is 11.5. The summed E-state index contributed by atoms with van der Waals surface area (Å²) in [7, 11) is 0. The van der Waals surface area contributed by atoms with Crippen LogP contribution in [0, 0.1) is 13.8 Å². The van der Waals surface area contributed by atoms with Crippen molar-refractivity contribution in [1.82, 2.24) is 4.98 Å². The molecule has 0 radical (unpaired) electrons. The van der Waals surface area contributed by atoms with Gasteiger partial charge in [-0.2, -0.15) is 0 Å². The number of aromatic nitrogens is 1. The van der Waals surface area contributed by atoms with Gasteiger partial charge in [0, 0.05) is 6.20 Å². The quantitative estimate of drug-likeness (QED) is 0.844. The van der Waals surface area contributed by atoms with Crippen LogP contribution in [0.1, 0.15) is 53.8 Å². The van der Waals surface area contributed by atoms with E-state index in [0.29, 0.717) is 5.92 Å². The molecular weight excluding hydrogens is 222 g/mol. The van der Waals surface area contributed by atoms with Crippen LogP contribution in [0.2, 0.25) is 0 Å². The number of aryl methyl sites for hydroxylation is 1. The third kappa shape index (κ3) is 2.34. The predicted octanol–water partition coefficient (Wildman–Crippen LogP) is 3.84. The lowest BCUT2D eigenvalue weighted by Gasteiger charge is -2.13. The Morgan fingerprint density at radius 1 is 1.00 bits per heavy atom. The van der Waals surface area contributed by atoms with Gasteiger partial charge in [0.05, 0.1) is 5.69 Å². The molecule has 96 valence electrons. The van der Waals surface area contributed by atoms with Crippen LogP contribution in [0.15, 0.2) is 30.5 Å². The summed E-state index contributed by atoms with van der Waals surface area (Å²) in [5.74, 6) is 0.519. The largest absolute Gasteiger partial charge is 0.382 e. The van der Waals surface area contributed by atoms with Crippen LogP contribution in [-0.4, -0.2) is 10.1 Å². The van der Waals surface area contributed by atoms with Crippen LogP contribution in [0.3, 0.4) is 0 Å². The summed E-state index contributed by atoms with van der Waals surface area (Å²) in [4.78, 5) is 3.16. The van der Waals surface area contributed by atoms with Gasteiger partial charge in [-0.25, -0.2) is 0 Å². The number of hydrogen-bond acceptors (Lipinski definition) is 1. The maximum Gasteiger partial charge on any atom is 0.119 e. The topological polar surface area (TPSA) is 36.0 Å². The van der Waals surface area contributed by atoms with Crippen molar-refractivity contribution in [3.8, 4) is 0 Å². The van der Waals surface area contributed by atoms with E-state index < -0.39 is 6.10 Å². The first kappa shape index (κ1) is 12.9. The molecule has 2 aromatic rings. The Morgan fingerprint density at radius 3 is 2.00 bits per heavy atom. The number of H-pyrrole nitrogens is 1. The second-order valence-electron chi connectivity index (χ2n) is 5.23. The van der Waals surface area contributed by atoms with E-state index in [4.69, 9.17) is 0 Å². The molecule has 0 fully saturated rings. The summed E-state index contributed by atoms with van der Waals surface area (Å²) in [5.41, 5.74) is 5.44. The van der Waals surface area contributed by atoms with E-state index in [1.807, 2.05) is 32.2 Å². The van der Waals surface area contributed by atoms with Crippen LogP contribution >= 0.6 is 0 Å². The summed E-state index contributed by atoms with van der Waals surface area (Å²) >= 11 is 0. The summed E-state index contributed by atoms with van der Waals surface area (Å²) < 4.78 is 0. The van der Waals surface area contributed by atoms with E-state index in [-0.39, 0.29) is 0 Å². The third-order valence-electron chi connectivity index (χ3n) is 3.63. The van der Waals surface area contributed by atoms with Crippen molar-refractivity contribution in [2.24, 2.45) is 0 Å². The Hall–Kier alpha value is -1.54. The highest BCUT2D eigenvalue weighted by molar-refractivity contribution is 5.36. The molecule has 1 aromatic heterocycles. The van der Waals surface area contributed by atoms with Gasteiger partial charge in [0.15, 0.2) is 0 Å². The van der Waals surface area contributed by atoms with Crippen molar-refractivity contribution >= 4 is 0 Å². The fourth-order valence-electron chi connectivity index (χ4n) is 2.13. The van der Waals surface area contributed by atoms with Gasteiger partial charge >= 0.3 is 0 Å². The number of nitrogens with one attached hydrogen (secondary N) is 1. The monoisotopic (exact) mass is 243 g/mol. The fourth-order valence-corrected chi connectivity index (χ4v) is 2.13. The van der Waals surface area contributed by atoms with Gasteiger partial charge in [-0.3, -0.25) is 0 Å². The van der Waals surface area contributed by atoms with Gasteiger partial charge in [0.25, 0.3) is 0 Å². The standard InChI is InChI=1S/C16H21NO/c1-10(2)13-5-7-14(8-6-13)16(18)15-12(4)11(3)9-17-15/h5-10,16-18H,1-4H3. The van der Waals surface area contributed by atoms with Crippen molar-refractivity contribution in [1.29, 1.82) is 0 Å². The molecule has 2 nitrogen and oxygen atoms in total. The Bertz CT molecular complexity index is 523. The zero-order valence-electron chi connectivity index (χ0n) is 11.5. The van der Waals surface area contributed by atoms with Crippen LogP contribution in [-0.2, 0) is 0 Å². The minimum atomic E-state index is -0.570. The van der Waals surface area contributed by atoms with Gasteiger partial charge in [-0.1, -0.05) is 38.1 Å².